The fourth-order valence-corrected chi connectivity index (χ4v) is 2.73. The third-order valence-corrected chi connectivity index (χ3v) is 4.10. The SMILES string of the molecule is CCOc1ccc(Oc2ccc(NC(=O)c3cccs3)cc2)cc1. The number of hydrogen-bond donors (Lipinski definition) is 1. The molecule has 0 saturated heterocycles. The Morgan fingerprint density at radius 2 is 1.58 bits per heavy atom. The first-order valence-corrected chi connectivity index (χ1v) is 8.48. The fraction of sp³-hybridized carbons (Fsp3) is 0.105. The van der Waals surface area contributed by atoms with Gasteiger partial charge in [-0.2, -0.15) is 0 Å². The molecular weight excluding hydrogens is 322 g/mol. The number of carbonyl (C=O) groups excluding carboxylic acids is 1. The molecule has 5 heteroatoms. The molecular formula is C19H17NO3S. The molecule has 2 aromatic carbocycles. The molecule has 3 aromatic rings. The summed E-state index contributed by atoms with van der Waals surface area (Å²) in [5.74, 6) is 2.14. The van der Waals surface area contributed by atoms with Gasteiger partial charge in [-0.25, -0.2) is 0 Å². The summed E-state index contributed by atoms with van der Waals surface area (Å²) in [5, 5.41) is 4.73. The summed E-state index contributed by atoms with van der Waals surface area (Å²) in [6.45, 7) is 2.59. The van der Waals surface area contributed by atoms with Gasteiger partial charge in [-0.3, -0.25) is 4.79 Å². The lowest BCUT2D eigenvalue weighted by Crippen LogP contribution is -2.09. The van der Waals surface area contributed by atoms with E-state index in [0.717, 1.165) is 17.2 Å². The number of ether oxygens (including phenoxy) is 2. The van der Waals surface area contributed by atoms with Crippen LogP contribution in [0.25, 0.3) is 0 Å². The van der Waals surface area contributed by atoms with Gasteiger partial charge in [0.2, 0.25) is 0 Å². The molecule has 3 rings (SSSR count). The molecule has 0 atom stereocenters. The summed E-state index contributed by atoms with van der Waals surface area (Å²) in [6.07, 6.45) is 0. The average Bonchev–Trinajstić information content (AvgIpc) is 3.13. The van der Waals surface area contributed by atoms with Crippen molar-refractivity contribution in [1.29, 1.82) is 0 Å². The molecule has 0 unspecified atom stereocenters. The normalized spacial score (nSPS) is 10.2. The van der Waals surface area contributed by atoms with Crippen LogP contribution in [0, 0.1) is 0 Å². The summed E-state index contributed by atoms with van der Waals surface area (Å²) in [7, 11) is 0. The number of amides is 1. The first-order chi connectivity index (χ1) is 11.7. The monoisotopic (exact) mass is 339 g/mol. The second kappa shape index (κ2) is 7.66. The minimum Gasteiger partial charge on any atom is -0.494 e. The lowest BCUT2D eigenvalue weighted by atomic mass is 10.3. The van der Waals surface area contributed by atoms with Crippen LogP contribution in [0.1, 0.15) is 16.6 Å². The third-order valence-electron chi connectivity index (χ3n) is 3.23. The largest absolute Gasteiger partial charge is 0.494 e. The summed E-state index contributed by atoms with van der Waals surface area (Å²) in [5.41, 5.74) is 0.729. The minimum atomic E-state index is -0.106. The number of nitrogens with one attached hydrogen (secondary N) is 1. The fourth-order valence-electron chi connectivity index (χ4n) is 2.11. The molecule has 0 spiro atoms. The van der Waals surface area contributed by atoms with Gasteiger partial charge in [-0.15, -0.1) is 11.3 Å². The van der Waals surface area contributed by atoms with Gasteiger partial charge in [0.05, 0.1) is 11.5 Å². The molecule has 4 nitrogen and oxygen atoms in total. The van der Waals surface area contributed by atoms with Crippen LogP contribution in [-0.4, -0.2) is 12.5 Å². The molecule has 0 fully saturated rings. The van der Waals surface area contributed by atoms with E-state index in [0.29, 0.717) is 17.2 Å². The molecule has 0 aliphatic heterocycles. The lowest BCUT2D eigenvalue weighted by Gasteiger charge is -2.08. The van der Waals surface area contributed by atoms with Crippen molar-refractivity contribution < 1.29 is 14.3 Å². The predicted molar refractivity (Wildman–Crippen MR) is 96.4 cm³/mol. The maximum Gasteiger partial charge on any atom is 0.265 e. The van der Waals surface area contributed by atoms with E-state index >= 15 is 0 Å². The summed E-state index contributed by atoms with van der Waals surface area (Å²) < 4.78 is 11.2. The Hall–Kier alpha value is -2.79. The smallest absolute Gasteiger partial charge is 0.265 e. The first-order valence-electron chi connectivity index (χ1n) is 7.60. The zero-order valence-electron chi connectivity index (χ0n) is 13.2. The Labute approximate surface area is 144 Å². The van der Waals surface area contributed by atoms with E-state index in [2.05, 4.69) is 5.32 Å². The standard InChI is InChI=1S/C19H17NO3S/c1-2-22-15-9-11-17(12-10-15)23-16-7-5-14(6-8-16)20-19(21)18-4-3-13-24-18/h3-13H,2H2,1H3,(H,20,21). The molecule has 1 aromatic heterocycles. The van der Waals surface area contributed by atoms with E-state index in [1.807, 2.05) is 66.9 Å². The number of anilines is 1. The van der Waals surface area contributed by atoms with E-state index in [4.69, 9.17) is 9.47 Å². The molecule has 0 aliphatic rings. The van der Waals surface area contributed by atoms with Gasteiger partial charge in [-0.05, 0) is 66.9 Å². The van der Waals surface area contributed by atoms with Gasteiger partial charge in [-0.1, -0.05) is 6.07 Å². The van der Waals surface area contributed by atoms with Crippen molar-refractivity contribution in [1.82, 2.24) is 0 Å². The Balaban J connectivity index is 1.61. The lowest BCUT2D eigenvalue weighted by molar-refractivity contribution is 0.103. The zero-order chi connectivity index (χ0) is 16.8. The number of hydrogen-bond acceptors (Lipinski definition) is 4. The number of benzene rings is 2. The van der Waals surface area contributed by atoms with Crippen LogP contribution in [0.4, 0.5) is 5.69 Å². The van der Waals surface area contributed by atoms with E-state index < -0.39 is 0 Å². The van der Waals surface area contributed by atoms with Gasteiger partial charge in [0, 0.05) is 5.69 Å². The predicted octanol–water partition coefficient (Wildman–Crippen LogP) is 5.19. The second-order valence-corrected chi connectivity index (χ2v) is 5.91. The zero-order valence-corrected chi connectivity index (χ0v) is 14.0. The van der Waals surface area contributed by atoms with Crippen LogP contribution >= 0.6 is 11.3 Å². The molecule has 1 amide bonds. The van der Waals surface area contributed by atoms with Crippen molar-refractivity contribution >= 4 is 22.9 Å². The number of thiophene rings is 1. The van der Waals surface area contributed by atoms with Crippen LogP contribution in [0.3, 0.4) is 0 Å². The van der Waals surface area contributed by atoms with E-state index in [1.54, 1.807) is 6.07 Å². The van der Waals surface area contributed by atoms with E-state index in [9.17, 15) is 4.79 Å². The highest BCUT2D eigenvalue weighted by Gasteiger charge is 2.07. The highest BCUT2D eigenvalue weighted by molar-refractivity contribution is 7.12. The highest BCUT2D eigenvalue weighted by Crippen LogP contribution is 2.25. The molecule has 24 heavy (non-hydrogen) atoms. The molecule has 0 aliphatic carbocycles. The molecule has 0 saturated carbocycles. The van der Waals surface area contributed by atoms with Gasteiger partial charge in [0.25, 0.3) is 5.91 Å². The Bertz CT molecular complexity index is 780. The molecule has 0 bridgehead atoms. The van der Waals surface area contributed by atoms with Crippen molar-refractivity contribution in [3.8, 4) is 17.2 Å². The van der Waals surface area contributed by atoms with Crippen molar-refractivity contribution in [3.05, 3.63) is 70.9 Å². The summed E-state index contributed by atoms with van der Waals surface area (Å²) in [4.78, 5) is 12.7. The number of rotatable bonds is 6. The quantitative estimate of drug-likeness (QED) is 0.672. The first kappa shape index (κ1) is 16.1. The van der Waals surface area contributed by atoms with Gasteiger partial charge in [0.1, 0.15) is 17.2 Å². The summed E-state index contributed by atoms with van der Waals surface area (Å²) in [6, 6.07) is 18.4. The van der Waals surface area contributed by atoms with Crippen molar-refractivity contribution in [2.45, 2.75) is 6.92 Å². The third kappa shape index (κ3) is 4.14. The van der Waals surface area contributed by atoms with Crippen LogP contribution < -0.4 is 14.8 Å². The Morgan fingerprint density at radius 1 is 0.958 bits per heavy atom. The van der Waals surface area contributed by atoms with Crippen molar-refractivity contribution in [3.63, 3.8) is 0 Å². The van der Waals surface area contributed by atoms with E-state index in [-0.39, 0.29) is 5.91 Å². The molecule has 1 heterocycles. The van der Waals surface area contributed by atoms with Gasteiger partial charge < -0.3 is 14.8 Å². The van der Waals surface area contributed by atoms with Crippen LogP contribution in [0.5, 0.6) is 17.2 Å². The number of carbonyl (C=O) groups is 1. The average molecular weight is 339 g/mol. The Morgan fingerprint density at radius 3 is 2.17 bits per heavy atom. The van der Waals surface area contributed by atoms with Crippen LogP contribution in [0.15, 0.2) is 66.0 Å². The second-order valence-electron chi connectivity index (χ2n) is 4.96. The minimum absolute atomic E-state index is 0.106. The van der Waals surface area contributed by atoms with E-state index in [1.165, 1.54) is 11.3 Å². The van der Waals surface area contributed by atoms with Crippen LogP contribution in [0.2, 0.25) is 0 Å². The maximum absolute atomic E-state index is 12.0. The van der Waals surface area contributed by atoms with Crippen molar-refractivity contribution in [2.24, 2.45) is 0 Å². The molecule has 0 radical (unpaired) electrons. The maximum atomic E-state index is 12.0. The van der Waals surface area contributed by atoms with Gasteiger partial charge in [0.15, 0.2) is 0 Å². The van der Waals surface area contributed by atoms with Crippen molar-refractivity contribution in [2.75, 3.05) is 11.9 Å². The Kier molecular flexibility index (Phi) is 5.13. The topological polar surface area (TPSA) is 47.6 Å². The van der Waals surface area contributed by atoms with Gasteiger partial charge >= 0.3 is 0 Å². The molecule has 1 N–H and O–H groups in total. The molecule has 122 valence electrons. The summed E-state index contributed by atoms with van der Waals surface area (Å²) >= 11 is 1.41. The highest BCUT2D eigenvalue weighted by atomic mass is 32.1. The van der Waals surface area contributed by atoms with Crippen LogP contribution in [-0.2, 0) is 0 Å².